The monoisotopic (exact) mass is 476 g/mol. The number of nitrogens with zero attached hydrogens (tertiary/aromatic N) is 1. The first-order valence-corrected chi connectivity index (χ1v) is 11.7. The second-order valence-electron chi connectivity index (χ2n) is 8.55. The molecule has 1 atom stereocenters. The molecule has 172 valence electrons. The van der Waals surface area contributed by atoms with E-state index in [1.54, 1.807) is 25.1 Å². The Kier molecular flexibility index (Phi) is 8.44. The SMILES string of the molecule is Cc1cc(C)cc(OCC(=O)N(Cc2ccc(Cl)c(Cl)c2)[C@@H](C)C(=O)NC2CCCC2)c1. The summed E-state index contributed by atoms with van der Waals surface area (Å²) in [7, 11) is 0. The van der Waals surface area contributed by atoms with Gasteiger partial charge in [-0.2, -0.15) is 0 Å². The van der Waals surface area contributed by atoms with Gasteiger partial charge in [0.1, 0.15) is 11.8 Å². The molecule has 1 saturated carbocycles. The molecule has 0 unspecified atom stereocenters. The zero-order chi connectivity index (χ0) is 23.3. The predicted octanol–water partition coefficient (Wildman–Crippen LogP) is 5.47. The Morgan fingerprint density at radius 1 is 1.06 bits per heavy atom. The summed E-state index contributed by atoms with van der Waals surface area (Å²) in [5.41, 5.74) is 2.91. The largest absolute Gasteiger partial charge is 0.484 e. The molecule has 1 aliphatic carbocycles. The maximum absolute atomic E-state index is 13.2. The molecule has 7 heteroatoms. The highest BCUT2D eigenvalue weighted by Gasteiger charge is 2.29. The normalized spacial score (nSPS) is 14.8. The standard InChI is InChI=1S/C25H30Cl2N2O3/c1-16-10-17(2)12-21(11-16)32-15-24(30)29(14-19-8-9-22(26)23(27)13-19)18(3)25(31)28-20-6-4-5-7-20/h8-13,18,20H,4-7,14-15H2,1-3H3,(H,28,31)/t18-/m0/s1. The van der Waals surface area contributed by atoms with Gasteiger partial charge in [-0.05, 0) is 74.6 Å². The van der Waals surface area contributed by atoms with Gasteiger partial charge >= 0.3 is 0 Å². The highest BCUT2D eigenvalue weighted by atomic mass is 35.5. The van der Waals surface area contributed by atoms with Crippen LogP contribution in [0.5, 0.6) is 5.75 Å². The molecular formula is C25H30Cl2N2O3. The van der Waals surface area contributed by atoms with Crippen LogP contribution in [-0.4, -0.2) is 35.4 Å². The summed E-state index contributed by atoms with van der Waals surface area (Å²) in [5, 5.41) is 3.94. The first kappa shape index (κ1) is 24.4. The van der Waals surface area contributed by atoms with Crippen LogP contribution in [0.25, 0.3) is 0 Å². The molecule has 1 N–H and O–H groups in total. The number of carbonyl (C=O) groups is 2. The lowest BCUT2D eigenvalue weighted by atomic mass is 10.1. The summed E-state index contributed by atoms with van der Waals surface area (Å²) in [4.78, 5) is 27.6. The fraction of sp³-hybridized carbons (Fsp3) is 0.440. The third kappa shape index (κ3) is 6.63. The summed E-state index contributed by atoms with van der Waals surface area (Å²) in [6.45, 7) is 5.77. The van der Waals surface area contributed by atoms with Crippen molar-refractivity contribution in [1.82, 2.24) is 10.2 Å². The van der Waals surface area contributed by atoms with Gasteiger partial charge in [0.2, 0.25) is 5.91 Å². The van der Waals surface area contributed by atoms with Crippen molar-refractivity contribution in [3.05, 3.63) is 63.1 Å². The van der Waals surface area contributed by atoms with Crippen molar-refractivity contribution in [3.63, 3.8) is 0 Å². The zero-order valence-corrected chi connectivity index (χ0v) is 20.3. The van der Waals surface area contributed by atoms with E-state index in [1.807, 2.05) is 32.0 Å². The van der Waals surface area contributed by atoms with Gasteiger partial charge in [-0.1, -0.05) is 48.2 Å². The molecule has 0 bridgehead atoms. The number of amides is 2. The predicted molar refractivity (Wildman–Crippen MR) is 128 cm³/mol. The lowest BCUT2D eigenvalue weighted by Gasteiger charge is -2.29. The van der Waals surface area contributed by atoms with Gasteiger partial charge in [-0.25, -0.2) is 0 Å². The molecule has 0 heterocycles. The fourth-order valence-electron chi connectivity index (χ4n) is 4.05. The van der Waals surface area contributed by atoms with Crippen LogP contribution in [0.1, 0.15) is 49.3 Å². The number of hydrogen-bond donors (Lipinski definition) is 1. The van der Waals surface area contributed by atoms with E-state index < -0.39 is 6.04 Å². The second-order valence-corrected chi connectivity index (χ2v) is 9.36. The van der Waals surface area contributed by atoms with Gasteiger partial charge in [-0.15, -0.1) is 0 Å². The van der Waals surface area contributed by atoms with Crippen molar-refractivity contribution in [3.8, 4) is 5.75 Å². The van der Waals surface area contributed by atoms with E-state index in [2.05, 4.69) is 5.32 Å². The molecule has 0 aliphatic heterocycles. The molecule has 1 aliphatic rings. The van der Waals surface area contributed by atoms with Gasteiger partial charge in [0.25, 0.3) is 5.91 Å². The van der Waals surface area contributed by atoms with Crippen LogP contribution in [0.15, 0.2) is 36.4 Å². The Hall–Kier alpha value is -2.24. The molecule has 2 amide bonds. The number of nitrogens with one attached hydrogen (secondary N) is 1. The van der Waals surface area contributed by atoms with Crippen molar-refractivity contribution in [1.29, 1.82) is 0 Å². The minimum Gasteiger partial charge on any atom is -0.484 e. The highest BCUT2D eigenvalue weighted by molar-refractivity contribution is 6.42. The molecular weight excluding hydrogens is 447 g/mol. The van der Waals surface area contributed by atoms with E-state index in [-0.39, 0.29) is 31.0 Å². The van der Waals surface area contributed by atoms with E-state index >= 15 is 0 Å². The van der Waals surface area contributed by atoms with Crippen LogP contribution in [-0.2, 0) is 16.1 Å². The Bertz CT molecular complexity index is 953. The maximum atomic E-state index is 13.2. The summed E-state index contributed by atoms with van der Waals surface area (Å²) in [6.07, 6.45) is 4.20. The van der Waals surface area contributed by atoms with Crippen LogP contribution in [0.4, 0.5) is 0 Å². The number of ether oxygens (including phenoxy) is 1. The molecule has 2 aromatic carbocycles. The van der Waals surface area contributed by atoms with Crippen molar-refractivity contribution in [2.75, 3.05) is 6.61 Å². The van der Waals surface area contributed by atoms with Gasteiger partial charge in [0.15, 0.2) is 6.61 Å². The number of halogens is 2. The smallest absolute Gasteiger partial charge is 0.261 e. The average molecular weight is 477 g/mol. The number of aryl methyl sites for hydroxylation is 2. The van der Waals surface area contributed by atoms with Gasteiger partial charge in [-0.3, -0.25) is 9.59 Å². The second kappa shape index (κ2) is 11.1. The zero-order valence-electron chi connectivity index (χ0n) is 18.8. The minimum absolute atomic E-state index is 0.156. The van der Waals surface area contributed by atoms with Crippen LogP contribution in [0.2, 0.25) is 10.0 Å². The van der Waals surface area contributed by atoms with Crippen LogP contribution in [0, 0.1) is 13.8 Å². The third-order valence-corrected chi connectivity index (χ3v) is 6.50. The quantitative estimate of drug-likeness (QED) is 0.549. The Labute approximate surface area is 200 Å². The highest BCUT2D eigenvalue weighted by Crippen LogP contribution is 2.24. The number of hydrogen-bond acceptors (Lipinski definition) is 3. The van der Waals surface area contributed by atoms with Crippen molar-refractivity contribution in [2.45, 2.75) is 65.1 Å². The minimum atomic E-state index is -0.652. The summed E-state index contributed by atoms with van der Waals surface area (Å²) in [6, 6.07) is 10.6. The van der Waals surface area contributed by atoms with Gasteiger partial charge in [0.05, 0.1) is 10.0 Å². The lowest BCUT2D eigenvalue weighted by Crippen LogP contribution is -2.50. The number of rotatable bonds is 8. The topological polar surface area (TPSA) is 58.6 Å². The van der Waals surface area contributed by atoms with Crippen molar-refractivity contribution < 1.29 is 14.3 Å². The van der Waals surface area contributed by atoms with Crippen LogP contribution < -0.4 is 10.1 Å². The molecule has 0 saturated heterocycles. The summed E-state index contributed by atoms with van der Waals surface area (Å²) < 4.78 is 5.78. The molecule has 0 radical (unpaired) electrons. The van der Waals surface area contributed by atoms with Crippen LogP contribution >= 0.6 is 23.2 Å². The Morgan fingerprint density at radius 3 is 2.34 bits per heavy atom. The first-order valence-electron chi connectivity index (χ1n) is 11.0. The fourth-order valence-corrected chi connectivity index (χ4v) is 4.37. The first-order chi connectivity index (χ1) is 15.2. The number of benzene rings is 2. The maximum Gasteiger partial charge on any atom is 0.261 e. The average Bonchev–Trinajstić information content (AvgIpc) is 3.24. The lowest BCUT2D eigenvalue weighted by molar-refractivity contribution is -0.142. The molecule has 5 nitrogen and oxygen atoms in total. The van der Waals surface area contributed by atoms with Crippen molar-refractivity contribution >= 4 is 35.0 Å². The number of carbonyl (C=O) groups excluding carboxylic acids is 2. The van der Waals surface area contributed by atoms with E-state index in [9.17, 15) is 9.59 Å². The third-order valence-electron chi connectivity index (χ3n) is 5.76. The van der Waals surface area contributed by atoms with E-state index in [0.717, 1.165) is 42.4 Å². The van der Waals surface area contributed by atoms with E-state index in [1.165, 1.54) is 4.90 Å². The molecule has 3 rings (SSSR count). The van der Waals surface area contributed by atoms with Gasteiger partial charge in [0, 0.05) is 12.6 Å². The Morgan fingerprint density at radius 2 is 1.72 bits per heavy atom. The van der Waals surface area contributed by atoms with Crippen LogP contribution in [0.3, 0.4) is 0 Å². The molecule has 1 fully saturated rings. The summed E-state index contributed by atoms with van der Waals surface area (Å²) in [5.74, 6) is 0.203. The van der Waals surface area contributed by atoms with Gasteiger partial charge < -0.3 is 15.0 Å². The van der Waals surface area contributed by atoms with Crippen molar-refractivity contribution in [2.24, 2.45) is 0 Å². The Balaban J connectivity index is 1.75. The summed E-state index contributed by atoms with van der Waals surface area (Å²) >= 11 is 12.2. The molecule has 32 heavy (non-hydrogen) atoms. The van der Waals surface area contributed by atoms with E-state index in [0.29, 0.717) is 15.8 Å². The molecule has 2 aromatic rings. The molecule has 0 spiro atoms. The van der Waals surface area contributed by atoms with E-state index in [4.69, 9.17) is 27.9 Å². The molecule has 0 aromatic heterocycles.